The maximum Gasteiger partial charge on any atom is 0.352 e. The van der Waals surface area contributed by atoms with Crippen LogP contribution in [0.1, 0.15) is 43.2 Å². The van der Waals surface area contributed by atoms with Gasteiger partial charge in [-0.25, -0.2) is 4.79 Å². The van der Waals surface area contributed by atoms with Crippen LogP contribution in [0, 0.1) is 0 Å². The highest BCUT2D eigenvalue weighted by Gasteiger charge is 2.24. The van der Waals surface area contributed by atoms with E-state index in [1.807, 2.05) is 16.8 Å². The van der Waals surface area contributed by atoms with Gasteiger partial charge in [0, 0.05) is 31.4 Å². The minimum Gasteiger partial charge on any atom is -0.477 e. The molecule has 0 aliphatic carbocycles. The van der Waals surface area contributed by atoms with Gasteiger partial charge in [0.05, 0.1) is 0 Å². The fraction of sp³-hybridized carbons (Fsp3) is 0.615. The van der Waals surface area contributed by atoms with Gasteiger partial charge in [0.1, 0.15) is 5.69 Å². The van der Waals surface area contributed by atoms with E-state index < -0.39 is 5.97 Å². The first-order chi connectivity index (χ1) is 8.09. The Bertz CT molecular complexity index is 390. The molecule has 0 amide bonds. The van der Waals surface area contributed by atoms with E-state index in [0.29, 0.717) is 17.8 Å². The Labute approximate surface area is 102 Å². The number of carboxylic acids is 1. The molecule has 1 saturated heterocycles. The van der Waals surface area contributed by atoms with Gasteiger partial charge in [-0.1, -0.05) is 0 Å². The molecule has 1 fully saturated rings. The third kappa shape index (κ3) is 2.52. The number of likely N-dealkylation sites (tertiary alicyclic amines) is 1. The highest BCUT2D eigenvalue weighted by molar-refractivity contribution is 5.85. The summed E-state index contributed by atoms with van der Waals surface area (Å²) in [5.41, 5.74) is 0.410. The van der Waals surface area contributed by atoms with Crippen molar-refractivity contribution in [2.24, 2.45) is 0 Å². The van der Waals surface area contributed by atoms with Gasteiger partial charge in [-0.2, -0.15) is 0 Å². The van der Waals surface area contributed by atoms with Crippen molar-refractivity contribution >= 4 is 5.97 Å². The van der Waals surface area contributed by atoms with Crippen LogP contribution in [0.25, 0.3) is 0 Å². The predicted molar refractivity (Wildman–Crippen MR) is 66.4 cm³/mol. The molecule has 0 saturated carbocycles. The molecular weight excluding hydrogens is 216 g/mol. The van der Waals surface area contributed by atoms with Crippen molar-refractivity contribution in [1.29, 1.82) is 0 Å². The third-order valence-electron chi connectivity index (χ3n) is 3.62. The molecule has 4 nitrogen and oxygen atoms in total. The van der Waals surface area contributed by atoms with Crippen molar-refractivity contribution in [1.82, 2.24) is 9.47 Å². The first-order valence-electron chi connectivity index (χ1n) is 6.23. The van der Waals surface area contributed by atoms with E-state index >= 15 is 0 Å². The fourth-order valence-corrected chi connectivity index (χ4v) is 2.57. The average molecular weight is 236 g/mol. The Morgan fingerprint density at radius 2 is 2.06 bits per heavy atom. The third-order valence-corrected chi connectivity index (χ3v) is 3.62. The molecule has 4 heteroatoms. The van der Waals surface area contributed by atoms with Gasteiger partial charge in [0.25, 0.3) is 0 Å². The van der Waals surface area contributed by atoms with E-state index in [1.54, 1.807) is 6.07 Å². The molecule has 17 heavy (non-hydrogen) atoms. The summed E-state index contributed by atoms with van der Waals surface area (Å²) in [5, 5.41) is 9.09. The molecule has 2 rings (SSSR count). The highest BCUT2D eigenvalue weighted by Crippen LogP contribution is 2.25. The van der Waals surface area contributed by atoms with Crippen LogP contribution in [0.4, 0.5) is 0 Å². The van der Waals surface area contributed by atoms with Crippen molar-refractivity contribution in [3.05, 3.63) is 24.0 Å². The van der Waals surface area contributed by atoms with Crippen LogP contribution in [0.5, 0.6) is 0 Å². The number of hydrogen-bond donors (Lipinski definition) is 1. The van der Waals surface area contributed by atoms with Crippen molar-refractivity contribution in [3.8, 4) is 0 Å². The van der Waals surface area contributed by atoms with E-state index in [0.717, 1.165) is 25.9 Å². The summed E-state index contributed by atoms with van der Waals surface area (Å²) in [6.07, 6.45) is 3.96. The summed E-state index contributed by atoms with van der Waals surface area (Å²) in [5.74, 6) is -0.832. The molecular formula is C13H20N2O2. The van der Waals surface area contributed by atoms with Crippen LogP contribution >= 0.6 is 0 Å². The van der Waals surface area contributed by atoms with Crippen molar-refractivity contribution in [3.63, 3.8) is 0 Å². The summed E-state index contributed by atoms with van der Waals surface area (Å²) in [7, 11) is 0. The summed E-state index contributed by atoms with van der Waals surface area (Å²) in [6.45, 7) is 6.52. The summed E-state index contributed by atoms with van der Waals surface area (Å²) < 4.78 is 1.92. The van der Waals surface area contributed by atoms with Gasteiger partial charge >= 0.3 is 5.97 Å². The Kier molecular flexibility index (Phi) is 3.52. The Balaban J connectivity index is 2.05. The first kappa shape index (κ1) is 12.2. The summed E-state index contributed by atoms with van der Waals surface area (Å²) >= 11 is 0. The van der Waals surface area contributed by atoms with Crippen LogP contribution in [0.15, 0.2) is 18.3 Å². The van der Waals surface area contributed by atoms with Crippen molar-refractivity contribution in [2.75, 3.05) is 13.1 Å². The molecule has 0 bridgehead atoms. The molecule has 2 heterocycles. The lowest BCUT2D eigenvalue weighted by Gasteiger charge is -2.35. The highest BCUT2D eigenvalue weighted by atomic mass is 16.4. The zero-order valence-corrected chi connectivity index (χ0v) is 10.5. The SMILES string of the molecule is CC(C)N1CCC(n2cccc2C(=O)O)CC1. The number of piperidine rings is 1. The molecule has 1 aromatic heterocycles. The lowest BCUT2D eigenvalue weighted by atomic mass is 10.0. The second-order valence-electron chi connectivity index (χ2n) is 4.97. The monoisotopic (exact) mass is 236 g/mol. The quantitative estimate of drug-likeness (QED) is 0.875. The number of carboxylic acid groups (broad SMARTS) is 1. The average Bonchev–Trinajstić information content (AvgIpc) is 2.78. The molecule has 1 aliphatic heterocycles. The van der Waals surface area contributed by atoms with Gasteiger partial charge in [0.15, 0.2) is 0 Å². The van der Waals surface area contributed by atoms with Gasteiger partial charge in [-0.3, -0.25) is 0 Å². The minimum atomic E-state index is -0.832. The van der Waals surface area contributed by atoms with E-state index in [-0.39, 0.29) is 0 Å². The van der Waals surface area contributed by atoms with Crippen LogP contribution in [0.2, 0.25) is 0 Å². The number of carbonyl (C=O) groups is 1. The maximum atomic E-state index is 11.1. The molecule has 0 radical (unpaired) electrons. The second kappa shape index (κ2) is 4.92. The lowest BCUT2D eigenvalue weighted by molar-refractivity contribution is 0.0676. The largest absolute Gasteiger partial charge is 0.477 e. The van der Waals surface area contributed by atoms with E-state index in [2.05, 4.69) is 18.7 Å². The number of rotatable bonds is 3. The minimum absolute atomic E-state index is 0.339. The molecule has 0 unspecified atom stereocenters. The van der Waals surface area contributed by atoms with Gasteiger partial charge in [0.2, 0.25) is 0 Å². The predicted octanol–water partition coefficient (Wildman–Crippen LogP) is 2.23. The molecule has 0 aromatic carbocycles. The Hall–Kier alpha value is -1.29. The van der Waals surface area contributed by atoms with Crippen LogP contribution < -0.4 is 0 Å². The van der Waals surface area contributed by atoms with E-state index in [4.69, 9.17) is 5.11 Å². The van der Waals surface area contributed by atoms with Gasteiger partial charge in [-0.15, -0.1) is 0 Å². The Morgan fingerprint density at radius 1 is 1.41 bits per heavy atom. The van der Waals surface area contributed by atoms with Crippen LogP contribution in [-0.2, 0) is 0 Å². The van der Waals surface area contributed by atoms with E-state index in [9.17, 15) is 4.79 Å². The fourth-order valence-electron chi connectivity index (χ4n) is 2.57. The topological polar surface area (TPSA) is 45.5 Å². The number of hydrogen-bond acceptors (Lipinski definition) is 2. The van der Waals surface area contributed by atoms with Crippen molar-refractivity contribution in [2.45, 2.75) is 38.8 Å². The van der Waals surface area contributed by atoms with Gasteiger partial charge in [-0.05, 0) is 38.8 Å². The molecule has 0 atom stereocenters. The van der Waals surface area contributed by atoms with Crippen molar-refractivity contribution < 1.29 is 9.90 Å². The maximum absolute atomic E-state index is 11.1. The summed E-state index contributed by atoms with van der Waals surface area (Å²) in [4.78, 5) is 13.5. The zero-order chi connectivity index (χ0) is 12.4. The molecule has 1 aliphatic rings. The standard InChI is InChI=1S/C13H20N2O2/c1-10(2)14-8-5-11(6-9-14)15-7-3-4-12(15)13(16)17/h3-4,7,10-11H,5-6,8-9H2,1-2H3,(H,16,17). The Morgan fingerprint density at radius 3 is 2.59 bits per heavy atom. The number of aromatic carboxylic acids is 1. The zero-order valence-electron chi connectivity index (χ0n) is 10.5. The molecule has 1 aromatic rings. The molecule has 94 valence electrons. The number of aromatic nitrogens is 1. The lowest BCUT2D eigenvalue weighted by Crippen LogP contribution is -2.39. The first-order valence-corrected chi connectivity index (χ1v) is 6.23. The second-order valence-corrected chi connectivity index (χ2v) is 4.97. The number of nitrogens with zero attached hydrogens (tertiary/aromatic N) is 2. The smallest absolute Gasteiger partial charge is 0.352 e. The van der Waals surface area contributed by atoms with Gasteiger partial charge < -0.3 is 14.6 Å². The van der Waals surface area contributed by atoms with Crippen LogP contribution in [-0.4, -0.2) is 39.7 Å². The molecule has 1 N–H and O–H groups in total. The summed E-state index contributed by atoms with van der Waals surface area (Å²) in [6, 6.07) is 4.42. The molecule has 0 spiro atoms. The van der Waals surface area contributed by atoms with Crippen LogP contribution in [0.3, 0.4) is 0 Å². The normalized spacial score (nSPS) is 18.8. The van der Waals surface area contributed by atoms with E-state index in [1.165, 1.54) is 0 Å².